The number of nitrogens with zero attached hydrogens (tertiary/aromatic N) is 5. The first-order valence-electron chi connectivity index (χ1n) is 18.0. The maximum Gasteiger partial charge on any atom is 0.270 e. The fraction of sp³-hybridized carbons (Fsp3) is 0.528. The van der Waals surface area contributed by atoms with Crippen LogP contribution in [0, 0.1) is 25.6 Å². The summed E-state index contributed by atoms with van der Waals surface area (Å²) in [7, 11) is -2.28. The van der Waals surface area contributed by atoms with E-state index in [4.69, 9.17) is 4.74 Å². The van der Waals surface area contributed by atoms with Gasteiger partial charge in [0.15, 0.2) is 5.82 Å². The number of hydrogen-bond donors (Lipinski definition) is 3. The highest BCUT2D eigenvalue weighted by molar-refractivity contribution is 7.91. The molecule has 4 amide bonds. The molecule has 7 rings (SSSR count). The van der Waals surface area contributed by atoms with Crippen molar-refractivity contribution in [1.82, 2.24) is 40.0 Å². The van der Waals surface area contributed by atoms with E-state index in [1.165, 1.54) is 21.7 Å². The van der Waals surface area contributed by atoms with E-state index in [0.717, 1.165) is 12.8 Å². The second kappa shape index (κ2) is 14.1. The number of para-hydroxylation sites is 1. The number of rotatable bonds is 7. The van der Waals surface area contributed by atoms with E-state index in [-0.39, 0.29) is 36.5 Å². The number of carbonyl (C=O) groups is 4. The molecular formula is C36H43FN8O7S. The summed E-state index contributed by atoms with van der Waals surface area (Å²) in [6, 6.07) is 3.84. The zero-order valence-electron chi connectivity index (χ0n) is 29.8. The molecule has 4 heterocycles. The highest BCUT2D eigenvalue weighted by atomic mass is 32.2. The van der Waals surface area contributed by atoms with Gasteiger partial charge in [0.1, 0.15) is 40.6 Å². The van der Waals surface area contributed by atoms with E-state index in [1.54, 1.807) is 33.0 Å². The lowest BCUT2D eigenvalue weighted by molar-refractivity contribution is -0.141. The number of allylic oxidation sites excluding steroid dienone is 1. The summed E-state index contributed by atoms with van der Waals surface area (Å²) < 4.78 is 50.2. The van der Waals surface area contributed by atoms with Crippen LogP contribution in [0.5, 0.6) is 5.88 Å². The van der Waals surface area contributed by atoms with Crippen molar-refractivity contribution < 1.29 is 36.7 Å². The lowest BCUT2D eigenvalue weighted by Crippen LogP contribution is -2.58. The van der Waals surface area contributed by atoms with Crippen LogP contribution in [0.3, 0.4) is 0 Å². The second-order valence-electron chi connectivity index (χ2n) is 14.5. The van der Waals surface area contributed by atoms with Gasteiger partial charge in [0.05, 0.1) is 23.0 Å². The Morgan fingerprint density at radius 3 is 2.62 bits per heavy atom. The fourth-order valence-corrected chi connectivity index (χ4v) is 8.65. The highest BCUT2D eigenvalue weighted by Crippen LogP contribution is 2.46. The van der Waals surface area contributed by atoms with Crippen molar-refractivity contribution in [2.75, 3.05) is 6.54 Å². The summed E-state index contributed by atoms with van der Waals surface area (Å²) in [6.45, 7) is 3.31. The first-order valence-corrected chi connectivity index (χ1v) is 19.6. The predicted molar refractivity (Wildman–Crippen MR) is 189 cm³/mol. The van der Waals surface area contributed by atoms with Crippen LogP contribution in [-0.2, 0) is 31.5 Å². The number of nitrogens with one attached hydrogen (secondary N) is 3. The molecule has 1 saturated heterocycles. The molecule has 2 aliphatic carbocycles. The van der Waals surface area contributed by atoms with Crippen LogP contribution in [0.4, 0.5) is 4.39 Å². The summed E-state index contributed by atoms with van der Waals surface area (Å²) >= 11 is 0. The molecule has 0 radical (unpaired) electrons. The molecule has 17 heteroatoms. The summed E-state index contributed by atoms with van der Waals surface area (Å²) in [5, 5.41) is 9.31. The monoisotopic (exact) mass is 750 g/mol. The van der Waals surface area contributed by atoms with E-state index in [0.29, 0.717) is 49.0 Å². The highest BCUT2D eigenvalue weighted by Gasteiger charge is 2.62. The summed E-state index contributed by atoms with van der Waals surface area (Å²) in [5.41, 5.74) is 0.0750. The standard InChI is InChI=1S/C36H43FN8O7S/c1-20-16-28(44(3)42-20)31(46)39-27-12-8-6-4-5-7-10-22-18-36(22,35(49)43-53(50,51)24-14-15-24)41-32(47)29-17-23(19-45(29)34(27)48)52-33-21(2)38-26-13-9-11-25(37)30(26)40-33/h7,9-11,13,16,22-24,27,29H,4-6,8,12,14-15,17-19H2,1-3H3,(H,39,46)(H,41,47)(H,43,49)/t22-,23-,27+,29+,36-/m1/s1. The lowest BCUT2D eigenvalue weighted by atomic mass is 10.0. The molecule has 3 N–H and O–H groups in total. The Morgan fingerprint density at radius 2 is 1.89 bits per heavy atom. The third-order valence-electron chi connectivity index (χ3n) is 10.4. The predicted octanol–water partition coefficient (Wildman–Crippen LogP) is 2.27. The molecule has 1 aromatic carbocycles. The SMILES string of the molecule is Cc1cc(C(=O)N[C@H]2CCCCCC=C[C@@H]3C[C@@]3(C(=O)NS(=O)(=O)C3CC3)NC(=O)[C@@H]3C[C@@H](Oc4nc5c(F)cccc5nc4C)CN3C2=O)n(C)n1. The zero-order valence-corrected chi connectivity index (χ0v) is 30.6. The smallest absolute Gasteiger partial charge is 0.270 e. The molecule has 0 bridgehead atoms. The maximum atomic E-state index is 14.7. The summed E-state index contributed by atoms with van der Waals surface area (Å²) in [4.78, 5) is 66.2. The van der Waals surface area contributed by atoms with Gasteiger partial charge in [-0.2, -0.15) is 5.10 Å². The average Bonchev–Trinajstić information content (AvgIpc) is 4.00. The van der Waals surface area contributed by atoms with Gasteiger partial charge >= 0.3 is 0 Å². The molecule has 3 aromatic rings. The fourth-order valence-electron chi connectivity index (χ4n) is 7.29. The first-order chi connectivity index (χ1) is 25.3. The Balaban J connectivity index is 1.20. The van der Waals surface area contributed by atoms with Gasteiger partial charge in [0, 0.05) is 19.4 Å². The number of aromatic nitrogens is 4. The summed E-state index contributed by atoms with van der Waals surface area (Å²) in [5.74, 6) is -3.52. The molecule has 4 aliphatic rings. The number of carbonyl (C=O) groups excluding carboxylic acids is 4. The number of halogens is 1. The van der Waals surface area contributed by atoms with E-state index >= 15 is 0 Å². The van der Waals surface area contributed by atoms with Crippen molar-refractivity contribution in [2.45, 2.75) is 101 Å². The van der Waals surface area contributed by atoms with E-state index in [2.05, 4.69) is 30.4 Å². The van der Waals surface area contributed by atoms with Gasteiger partial charge in [0.25, 0.3) is 11.8 Å². The van der Waals surface area contributed by atoms with Crippen molar-refractivity contribution in [1.29, 1.82) is 0 Å². The van der Waals surface area contributed by atoms with E-state index < -0.39 is 74.4 Å². The van der Waals surface area contributed by atoms with Crippen molar-refractivity contribution >= 4 is 44.7 Å². The van der Waals surface area contributed by atoms with Crippen LogP contribution >= 0.6 is 0 Å². The van der Waals surface area contributed by atoms with Crippen molar-refractivity contribution in [3.63, 3.8) is 0 Å². The molecule has 2 aromatic heterocycles. The number of fused-ring (bicyclic) bond motifs is 3. The minimum atomic E-state index is -3.91. The number of benzene rings is 1. The molecule has 3 fully saturated rings. The Labute approximate surface area is 306 Å². The van der Waals surface area contributed by atoms with Crippen molar-refractivity contribution in [3.05, 3.63) is 59.3 Å². The molecule has 2 saturated carbocycles. The largest absolute Gasteiger partial charge is 0.471 e. The number of aryl methyl sites for hydroxylation is 3. The molecule has 2 aliphatic heterocycles. The summed E-state index contributed by atoms with van der Waals surface area (Å²) in [6.07, 6.45) is 7.11. The third-order valence-corrected chi connectivity index (χ3v) is 12.3. The van der Waals surface area contributed by atoms with E-state index in [1.807, 2.05) is 12.2 Å². The van der Waals surface area contributed by atoms with Gasteiger partial charge in [-0.25, -0.2) is 22.8 Å². The zero-order chi connectivity index (χ0) is 37.7. The Hall–Kier alpha value is -4.93. The van der Waals surface area contributed by atoms with Crippen molar-refractivity contribution in [3.8, 4) is 5.88 Å². The molecule has 0 spiro atoms. The Kier molecular flexibility index (Phi) is 9.72. The number of ether oxygens (including phenoxy) is 1. The molecule has 15 nitrogen and oxygen atoms in total. The topological polar surface area (TPSA) is 195 Å². The normalized spacial score (nSPS) is 26.5. The van der Waals surface area contributed by atoms with E-state index in [9.17, 15) is 32.0 Å². The van der Waals surface area contributed by atoms with Gasteiger partial charge in [-0.3, -0.25) is 28.6 Å². The van der Waals surface area contributed by atoms with Gasteiger partial charge < -0.3 is 20.3 Å². The van der Waals surface area contributed by atoms with Crippen molar-refractivity contribution in [2.24, 2.45) is 13.0 Å². The molecule has 5 atom stereocenters. The van der Waals surface area contributed by atoms with Crippen LogP contribution in [0.2, 0.25) is 0 Å². The van der Waals surface area contributed by atoms with Crippen LogP contribution < -0.4 is 20.1 Å². The van der Waals surface area contributed by atoms with Gasteiger partial charge in [-0.1, -0.05) is 31.1 Å². The van der Waals surface area contributed by atoms with Crippen LogP contribution in [0.25, 0.3) is 11.0 Å². The quantitative estimate of drug-likeness (QED) is 0.302. The van der Waals surface area contributed by atoms with Crippen LogP contribution in [0.1, 0.15) is 79.7 Å². The molecule has 53 heavy (non-hydrogen) atoms. The minimum Gasteiger partial charge on any atom is -0.471 e. The van der Waals surface area contributed by atoms with Gasteiger partial charge in [-0.05, 0) is 70.6 Å². The van der Waals surface area contributed by atoms with Gasteiger partial charge in [-0.15, -0.1) is 0 Å². The average molecular weight is 751 g/mol. The Bertz CT molecular complexity index is 2120. The minimum absolute atomic E-state index is 0.00451. The number of sulfonamides is 1. The Morgan fingerprint density at radius 1 is 1.09 bits per heavy atom. The van der Waals surface area contributed by atoms with Crippen LogP contribution in [-0.4, -0.2) is 92.2 Å². The maximum absolute atomic E-state index is 14.7. The first kappa shape index (κ1) is 36.4. The van der Waals surface area contributed by atoms with Gasteiger partial charge in [0.2, 0.25) is 27.7 Å². The lowest BCUT2D eigenvalue weighted by Gasteiger charge is -2.30. The van der Waals surface area contributed by atoms with Crippen LogP contribution in [0.15, 0.2) is 36.4 Å². The number of hydrogen-bond acceptors (Lipinski definition) is 10. The second-order valence-corrected chi connectivity index (χ2v) is 16.5. The molecular weight excluding hydrogens is 708 g/mol. The number of amides is 4. The third kappa shape index (κ3) is 7.48. The molecule has 0 unspecified atom stereocenters. The molecule has 282 valence electrons.